The van der Waals surface area contributed by atoms with Gasteiger partial charge in [0.1, 0.15) is 5.82 Å². The van der Waals surface area contributed by atoms with E-state index < -0.39 is 17.8 Å². The number of benzene rings is 1. The second-order valence-corrected chi connectivity index (χ2v) is 5.75. The van der Waals surface area contributed by atoms with Crippen LogP contribution in [0.15, 0.2) is 18.2 Å². The maximum Gasteiger partial charge on any atom is 0.337 e. The van der Waals surface area contributed by atoms with Crippen LogP contribution in [0.3, 0.4) is 0 Å². The van der Waals surface area contributed by atoms with Crippen LogP contribution in [0.4, 0.5) is 14.9 Å². The Morgan fingerprint density at radius 1 is 1.24 bits per heavy atom. The molecule has 0 radical (unpaired) electrons. The van der Waals surface area contributed by atoms with Gasteiger partial charge in [-0.25, -0.2) is 14.0 Å². The molecule has 2 aliphatic rings. The summed E-state index contributed by atoms with van der Waals surface area (Å²) in [6, 6.07) is 3.31. The zero-order chi connectivity index (χ0) is 15.0. The van der Waals surface area contributed by atoms with Crippen molar-refractivity contribution >= 4 is 17.7 Å². The number of nitrogens with zero attached hydrogens (tertiary/aromatic N) is 1. The number of likely N-dealkylation sites (tertiary alicyclic amines) is 1. The van der Waals surface area contributed by atoms with Crippen molar-refractivity contribution in [2.24, 2.45) is 11.8 Å². The minimum Gasteiger partial charge on any atom is -0.478 e. The molecule has 2 unspecified atom stereocenters. The third-order valence-corrected chi connectivity index (χ3v) is 4.49. The Morgan fingerprint density at radius 3 is 2.52 bits per heavy atom. The minimum absolute atomic E-state index is 0.234. The fourth-order valence-electron chi connectivity index (χ4n) is 3.42. The van der Waals surface area contributed by atoms with Crippen molar-refractivity contribution in [1.82, 2.24) is 4.90 Å². The Bertz CT molecular complexity index is 578. The van der Waals surface area contributed by atoms with E-state index in [0.29, 0.717) is 24.9 Å². The summed E-state index contributed by atoms with van der Waals surface area (Å²) >= 11 is 0. The molecule has 1 aromatic carbocycles. The van der Waals surface area contributed by atoms with Gasteiger partial charge in [-0.1, -0.05) is 12.5 Å². The lowest BCUT2D eigenvalue weighted by molar-refractivity contribution is 0.0697. The topological polar surface area (TPSA) is 69.6 Å². The number of carbonyl (C=O) groups is 2. The maximum absolute atomic E-state index is 13.8. The highest BCUT2D eigenvalue weighted by Gasteiger charge is 2.38. The molecule has 1 aliphatic carbocycles. The van der Waals surface area contributed by atoms with Gasteiger partial charge < -0.3 is 15.3 Å². The lowest BCUT2D eigenvalue weighted by atomic mass is 10.0. The highest BCUT2D eigenvalue weighted by atomic mass is 19.1. The number of amides is 2. The monoisotopic (exact) mass is 292 g/mol. The van der Waals surface area contributed by atoms with E-state index in [1.807, 2.05) is 0 Å². The van der Waals surface area contributed by atoms with Crippen LogP contribution in [0.1, 0.15) is 29.6 Å². The Labute approximate surface area is 121 Å². The van der Waals surface area contributed by atoms with Crippen LogP contribution in [0.25, 0.3) is 0 Å². The van der Waals surface area contributed by atoms with E-state index in [1.54, 1.807) is 4.90 Å². The van der Waals surface area contributed by atoms with Crippen LogP contribution < -0.4 is 5.32 Å². The molecule has 2 amide bonds. The Morgan fingerprint density at radius 2 is 1.90 bits per heavy atom. The number of hydrogen-bond acceptors (Lipinski definition) is 2. The van der Waals surface area contributed by atoms with E-state index in [9.17, 15) is 14.0 Å². The fourth-order valence-corrected chi connectivity index (χ4v) is 3.42. The third kappa shape index (κ3) is 2.57. The molecule has 112 valence electrons. The van der Waals surface area contributed by atoms with Crippen LogP contribution in [0, 0.1) is 17.7 Å². The van der Waals surface area contributed by atoms with Gasteiger partial charge in [-0.05, 0) is 36.8 Å². The van der Waals surface area contributed by atoms with Gasteiger partial charge in [0.25, 0.3) is 0 Å². The van der Waals surface area contributed by atoms with E-state index in [-0.39, 0.29) is 11.3 Å². The van der Waals surface area contributed by atoms with Gasteiger partial charge in [0.2, 0.25) is 0 Å². The number of fused-ring (bicyclic) bond motifs is 1. The normalized spacial score (nSPS) is 24.0. The summed E-state index contributed by atoms with van der Waals surface area (Å²) in [5.74, 6) is -0.920. The first-order valence-corrected chi connectivity index (χ1v) is 7.14. The van der Waals surface area contributed by atoms with Crippen LogP contribution in [-0.2, 0) is 0 Å². The fraction of sp³-hybridized carbons (Fsp3) is 0.467. The number of aromatic carboxylic acids is 1. The van der Waals surface area contributed by atoms with Gasteiger partial charge in [0.15, 0.2) is 0 Å². The van der Waals surface area contributed by atoms with E-state index in [1.165, 1.54) is 18.6 Å². The Balaban J connectivity index is 1.75. The molecule has 1 saturated heterocycles. The number of nitrogens with one attached hydrogen (secondary N) is 1. The van der Waals surface area contributed by atoms with E-state index in [2.05, 4.69) is 5.32 Å². The molecule has 5 nitrogen and oxygen atoms in total. The summed E-state index contributed by atoms with van der Waals surface area (Å²) in [5.41, 5.74) is -0.491. The predicted molar refractivity (Wildman–Crippen MR) is 74.8 cm³/mol. The molecule has 1 saturated carbocycles. The van der Waals surface area contributed by atoms with Gasteiger partial charge in [-0.3, -0.25) is 0 Å². The number of urea groups is 1. The number of halogens is 1. The van der Waals surface area contributed by atoms with Crippen molar-refractivity contribution in [2.45, 2.75) is 19.3 Å². The first-order chi connectivity index (χ1) is 10.1. The standard InChI is InChI=1S/C15H17FN2O3/c16-12-6-2-5-11(14(19)20)13(12)17-15(21)18-7-9-3-1-4-10(9)8-18/h2,5-6,9-10H,1,3-4,7-8H2,(H,17,21)(H,19,20). The van der Waals surface area contributed by atoms with E-state index >= 15 is 0 Å². The van der Waals surface area contributed by atoms with Crippen LogP contribution in [0.2, 0.25) is 0 Å². The van der Waals surface area contributed by atoms with E-state index in [4.69, 9.17) is 5.11 Å². The van der Waals surface area contributed by atoms with Crippen molar-refractivity contribution in [3.8, 4) is 0 Å². The Kier molecular flexibility index (Phi) is 3.53. The summed E-state index contributed by atoms with van der Waals surface area (Å²) in [6.45, 7) is 1.35. The zero-order valence-electron chi connectivity index (χ0n) is 11.5. The van der Waals surface area contributed by atoms with Crippen molar-refractivity contribution in [2.75, 3.05) is 18.4 Å². The van der Waals surface area contributed by atoms with E-state index in [0.717, 1.165) is 18.9 Å². The zero-order valence-corrected chi connectivity index (χ0v) is 11.5. The molecule has 2 fully saturated rings. The van der Waals surface area contributed by atoms with Crippen LogP contribution >= 0.6 is 0 Å². The van der Waals surface area contributed by atoms with Crippen molar-refractivity contribution in [3.63, 3.8) is 0 Å². The number of para-hydroxylation sites is 1. The smallest absolute Gasteiger partial charge is 0.337 e. The third-order valence-electron chi connectivity index (χ3n) is 4.49. The first-order valence-electron chi connectivity index (χ1n) is 7.14. The van der Waals surface area contributed by atoms with Crippen LogP contribution in [0.5, 0.6) is 0 Å². The molecule has 0 bridgehead atoms. The van der Waals surface area contributed by atoms with Gasteiger partial charge in [0.05, 0.1) is 11.3 Å². The molecule has 1 aliphatic heterocycles. The SMILES string of the molecule is O=C(O)c1cccc(F)c1NC(=O)N1CC2CCCC2C1. The average molecular weight is 292 g/mol. The second-order valence-electron chi connectivity index (χ2n) is 5.75. The number of carboxylic acid groups (broad SMARTS) is 1. The quantitative estimate of drug-likeness (QED) is 0.880. The molecule has 21 heavy (non-hydrogen) atoms. The number of carbonyl (C=O) groups excluding carboxylic acids is 1. The second kappa shape index (κ2) is 5.35. The van der Waals surface area contributed by atoms with Gasteiger partial charge in [-0.15, -0.1) is 0 Å². The minimum atomic E-state index is -1.26. The molecular formula is C15H17FN2O3. The first kappa shape index (κ1) is 13.9. The molecule has 6 heteroatoms. The highest BCUT2D eigenvalue weighted by molar-refractivity contribution is 6.00. The van der Waals surface area contributed by atoms with Crippen molar-refractivity contribution in [3.05, 3.63) is 29.6 Å². The Hall–Kier alpha value is -2.11. The molecule has 0 aromatic heterocycles. The van der Waals surface area contributed by atoms with Gasteiger partial charge in [0, 0.05) is 13.1 Å². The number of carboxylic acids is 1. The van der Waals surface area contributed by atoms with Crippen LogP contribution in [-0.4, -0.2) is 35.1 Å². The van der Waals surface area contributed by atoms with Crippen molar-refractivity contribution < 1.29 is 19.1 Å². The molecule has 1 heterocycles. The summed E-state index contributed by atoms with van der Waals surface area (Å²) in [7, 11) is 0. The molecule has 3 rings (SSSR count). The summed E-state index contributed by atoms with van der Waals surface area (Å²) in [4.78, 5) is 25.0. The number of anilines is 1. The maximum atomic E-state index is 13.8. The lowest BCUT2D eigenvalue weighted by Crippen LogP contribution is -2.34. The average Bonchev–Trinajstić information content (AvgIpc) is 3.01. The molecule has 1 aromatic rings. The number of hydrogen-bond donors (Lipinski definition) is 2. The summed E-state index contributed by atoms with van der Waals surface area (Å²) in [6.07, 6.45) is 3.48. The molecular weight excluding hydrogens is 275 g/mol. The lowest BCUT2D eigenvalue weighted by Gasteiger charge is -2.19. The summed E-state index contributed by atoms with van der Waals surface area (Å²) in [5, 5.41) is 11.5. The molecule has 0 spiro atoms. The van der Waals surface area contributed by atoms with Gasteiger partial charge >= 0.3 is 12.0 Å². The molecule has 2 atom stereocenters. The number of rotatable bonds is 2. The predicted octanol–water partition coefficient (Wildman–Crippen LogP) is 2.79. The highest BCUT2D eigenvalue weighted by Crippen LogP contribution is 2.37. The largest absolute Gasteiger partial charge is 0.478 e. The van der Waals surface area contributed by atoms with Gasteiger partial charge in [-0.2, -0.15) is 0 Å². The summed E-state index contributed by atoms with van der Waals surface area (Å²) < 4.78 is 13.8. The molecule has 2 N–H and O–H groups in total. The van der Waals surface area contributed by atoms with Crippen molar-refractivity contribution in [1.29, 1.82) is 0 Å².